The largest absolute Gasteiger partial charge is 0.457 e. The maximum Gasteiger partial charge on any atom is 0.142 e. The highest BCUT2D eigenvalue weighted by Crippen LogP contribution is 2.27. The van der Waals surface area contributed by atoms with Crippen LogP contribution in [0.1, 0.15) is 5.56 Å². The summed E-state index contributed by atoms with van der Waals surface area (Å²) in [5.74, 6) is -0.361. The molecule has 2 N–H and O–H groups in total. The highest BCUT2D eigenvalue weighted by Gasteiger charge is 2.05. The summed E-state index contributed by atoms with van der Waals surface area (Å²) in [7, 11) is 0. The normalized spacial score (nSPS) is 10.4. The van der Waals surface area contributed by atoms with E-state index in [1.165, 1.54) is 30.3 Å². The van der Waals surface area contributed by atoms with Gasteiger partial charge in [-0.15, -0.1) is 0 Å². The summed E-state index contributed by atoms with van der Waals surface area (Å²) in [4.78, 5) is 0. The van der Waals surface area contributed by atoms with Crippen LogP contribution in [0.2, 0.25) is 5.02 Å². The van der Waals surface area contributed by atoms with E-state index in [-0.39, 0.29) is 17.3 Å². The minimum atomic E-state index is -0.536. The Balaban J connectivity index is 2.27. The van der Waals surface area contributed by atoms with Crippen LogP contribution >= 0.6 is 11.6 Å². The third-order valence-electron chi connectivity index (χ3n) is 2.29. The third-order valence-corrected chi connectivity index (χ3v) is 2.58. The maximum absolute atomic E-state index is 13.2. The lowest BCUT2D eigenvalue weighted by Crippen LogP contribution is -1.97. The molecule has 0 saturated carbocycles. The molecule has 0 unspecified atom stereocenters. The molecule has 94 valence electrons. The molecule has 2 aromatic carbocycles. The quantitative estimate of drug-likeness (QED) is 0.918. The smallest absolute Gasteiger partial charge is 0.142 e. The molecule has 0 fully saturated rings. The molecule has 0 aromatic heterocycles. The van der Waals surface area contributed by atoms with Crippen molar-refractivity contribution in [1.82, 2.24) is 0 Å². The Labute approximate surface area is 108 Å². The fourth-order valence-electron chi connectivity index (χ4n) is 1.47. The number of hydrogen-bond acceptors (Lipinski definition) is 2. The summed E-state index contributed by atoms with van der Waals surface area (Å²) in [5, 5.41) is -0.0528. The van der Waals surface area contributed by atoms with Gasteiger partial charge in [-0.2, -0.15) is 0 Å². The number of halogens is 3. The average Bonchev–Trinajstić information content (AvgIpc) is 2.33. The van der Waals surface area contributed by atoms with Gasteiger partial charge in [0.2, 0.25) is 0 Å². The molecule has 0 aliphatic rings. The Kier molecular flexibility index (Phi) is 3.79. The van der Waals surface area contributed by atoms with Crippen molar-refractivity contribution in [2.45, 2.75) is 6.54 Å². The van der Waals surface area contributed by atoms with Crippen LogP contribution in [0.15, 0.2) is 36.4 Å². The van der Waals surface area contributed by atoms with Crippen LogP contribution in [0.25, 0.3) is 0 Å². The number of hydrogen-bond donors (Lipinski definition) is 1. The van der Waals surface area contributed by atoms with E-state index in [2.05, 4.69) is 0 Å². The van der Waals surface area contributed by atoms with Gasteiger partial charge >= 0.3 is 0 Å². The molecule has 5 heteroatoms. The van der Waals surface area contributed by atoms with Gasteiger partial charge in [0.05, 0.1) is 5.02 Å². The monoisotopic (exact) mass is 269 g/mol. The van der Waals surface area contributed by atoms with Gasteiger partial charge in [0, 0.05) is 18.7 Å². The van der Waals surface area contributed by atoms with E-state index in [4.69, 9.17) is 22.1 Å². The van der Waals surface area contributed by atoms with Gasteiger partial charge in [-0.25, -0.2) is 8.78 Å². The van der Waals surface area contributed by atoms with E-state index in [9.17, 15) is 8.78 Å². The summed E-state index contributed by atoms with van der Waals surface area (Å²) < 4.78 is 31.6. The molecule has 2 nitrogen and oxygen atoms in total. The first-order valence-electron chi connectivity index (χ1n) is 5.21. The van der Waals surface area contributed by atoms with Crippen molar-refractivity contribution >= 4 is 11.6 Å². The van der Waals surface area contributed by atoms with Crippen molar-refractivity contribution < 1.29 is 13.5 Å². The van der Waals surface area contributed by atoms with Crippen molar-refractivity contribution in [2.75, 3.05) is 0 Å². The highest BCUT2D eigenvalue weighted by molar-refractivity contribution is 6.30. The van der Waals surface area contributed by atoms with Gasteiger partial charge in [0.1, 0.15) is 23.1 Å². The SMILES string of the molecule is NCc1cc(F)cc(Oc2ccc(F)c(Cl)c2)c1. The fraction of sp³-hybridized carbons (Fsp3) is 0.0769. The molecule has 18 heavy (non-hydrogen) atoms. The summed E-state index contributed by atoms with van der Waals surface area (Å²) in [6, 6.07) is 8.07. The molecular weight excluding hydrogens is 260 g/mol. The Morgan fingerprint density at radius 2 is 1.83 bits per heavy atom. The zero-order chi connectivity index (χ0) is 13.1. The van der Waals surface area contributed by atoms with Crippen LogP contribution in [-0.2, 0) is 6.54 Å². The van der Waals surface area contributed by atoms with Gasteiger partial charge in [-0.05, 0) is 29.8 Å². The first kappa shape index (κ1) is 12.8. The Hall–Kier alpha value is -1.65. The predicted molar refractivity (Wildman–Crippen MR) is 65.8 cm³/mol. The van der Waals surface area contributed by atoms with Gasteiger partial charge < -0.3 is 10.5 Å². The second kappa shape index (κ2) is 5.33. The zero-order valence-electron chi connectivity index (χ0n) is 9.29. The van der Waals surface area contributed by atoms with E-state index in [0.717, 1.165) is 0 Å². The summed E-state index contributed by atoms with van der Waals surface area (Å²) in [5.41, 5.74) is 6.04. The van der Waals surface area contributed by atoms with E-state index >= 15 is 0 Å². The predicted octanol–water partition coefficient (Wildman–Crippen LogP) is 3.87. The first-order valence-corrected chi connectivity index (χ1v) is 5.59. The number of rotatable bonds is 3. The third kappa shape index (κ3) is 2.97. The van der Waals surface area contributed by atoms with E-state index in [0.29, 0.717) is 11.3 Å². The number of nitrogens with two attached hydrogens (primary N) is 1. The molecule has 2 aromatic rings. The van der Waals surface area contributed by atoms with Crippen molar-refractivity contribution in [3.8, 4) is 11.5 Å². The number of benzene rings is 2. The van der Waals surface area contributed by atoms with Gasteiger partial charge in [0.15, 0.2) is 0 Å². The van der Waals surface area contributed by atoms with E-state index < -0.39 is 11.6 Å². The van der Waals surface area contributed by atoms with Crippen LogP contribution in [0, 0.1) is 11.6 Å². The van der Waals surface area contributed by atoms with Gasteiger partial charge in [-0.3, -0.25) is 0 Å². The lowest BCUT2D eigenvalue weighted by atomic mass is 10.2. The van der Waals surface area contributed by atoms with Crippen molar-refractivity contribution in [3.05, 3.63) is 58.6 Å². The second-order valence-electron chi connectivity index (χ2n) is 3.68. The summed E-state index contributed by atoms with van der Waals surface area (Å²) in [6.07, 6.45) is 0. The molecule has 0 radical (unpaired) electrons. The zero-order valence-corrected chi connectivity index (χ0v) is 10.0. The molecule has 0 spiro atoms. The molecular formula is C13H10ClF2NO. The van der Waals surface area contributed by atoms with Crippen molar-refractivity contribution in [3.63, 3.8) is 0 Å². The topological polar surface area (TPSA) is 35.2 Å². The van der Waals surface area contributed by atoms with Crippen LogP contribution in [0.4, 0.5) is 8.78 Å². The Bertz CT molecular complexity index is 575. The standard InChI is InChI=1S/C13H10ClF2NO/c14-12-6-10(1-2-13(12)16)18-11-4-8(7-17)3-9(15)5-11/h1-6H,7,17H2. The lowest BCUT2D eigenvalue weighted by molar-refractivity contribution is 0.474. The van der Waals surface area contributed by atoms with Gasteiger partial charge in [-0.1, -0.05) is 11.6 Å². The number of ether oxygens (including phenoxy) is 1. The molecule has 0 bridgehead atoms. The molecule has 0 atom stereocenters. The van der Waals surface area contributed by atoms with Crippen LogP contribution in [0.5, 0.6) is 11.5 Å². The minimum absolute atomic E-state index is 0.0528. The fourth-order valence-corrected chi connectivity index (χ4v) is 1.64. The molecule has 0 amide bonds. The second-order valence-corrected chi connectivity index (χ2v) is 4.08. The van der Waals surface area contributed by atoms with E-state index in [1.807, 2.05) is 0 Å². The van der Waals surface area contributed by atoms with Crippen LogP contribution in [-0.4, -0.2) is 0 Å². The summed E-state index contributed by atoms with van der Waals surface area (Å²) >= 11 is 5.62. The Morgan fingerprint density at radius 1 is 1.06 bits per heavy atom. The summed E-state index contributed by atoms with van der Waals surface area (Å²) in [6.45, 7) is 0.207. The first-order chi connectivity index (χ1) is 8.58. The maximum atomic E-state index is 13.2. The molecule has 0 heterocycles. The lowest BCUT2D eigenvalue weighted by Gasteiger charge is -2.08. The molecule has 0 aliphatic carbocycles. The van der Waals surface area contributed by atoms with Crippen LogP contribution in [0.3, 0.4) is 0 Å². The molecule has 0 aliphatic heterocycles. The van der Waals surface area contributed by atoms with Crippen molar-refractivity contribution in [2.24, 2.45) is 5.73 Å². The highest BCUT2D eigenvalue weighted by atomic mass is 35.5. The minimum Gasteiger partial charge on any atom is -0.457 e. The van der Waals surface area contributed by atoms with Crippen LogP contribution < -0.4 is 10.5 Å². The average molecular weight is 270 g/mol. The van der Waals surface area contributed by atoms with Gasteiger partial charge in [0.25, 0.3) is 0 Å². The Morgan fingerprint density at radius 3 is 2.50 bits per heavy atom. The van der Waals surface area contributed by atoms with E-state index in [1.54, 1.807) is 6.07 Å². The molecule has 2 rings (SSSR count). The van der Waals surface area contributed by atoms with Crippen molar-refractivity contribution in [1.29, 1.82) is 0 Å². The molecule has 0 saturated heterocycles.